The molecule has 0 spiro atoms. The van der Waals surface area contributed by atoms with E-state index in [4.69, 9.17) is 11.6 Å². The lowest BCUT2D eigenvalue weighted by Crippen LogP contribution is -2.29. The summed E-state index contributed by atoms with van der Waals surface area (Å²) in [6.45, 7) is 4.04. The molecule has 0 N–H and O–H groups in total. The Labute approximate surface area is 172 Å². The van der Waals surface area contributed by atoms with Crippen LogP contribution in [0.3, 0.4) is 0 Å². The maximum atomic E-state index is 13.2. The maximum Gasteiger partial charge on any atom is 0.251 e. The molecule has 1 atom stereocenters. The van der Waals surface area contributed by atoms with Gasteiger partial charge in [-0.05, 0) is 26.0 Å². The number of rotatable bonds is 3. The van der Waals surface area contributed by atoms with Gasteiger partial charge >= 0.3 is 0 Å². The summed E-state index contributed by atoms with van der Waals surface area (Å²) >= 11 is 5.23. The Morgan fingerprint density at radius 2 is 1.36 bits per heavy atom. The second-order valence-electron chi connectivity index (χ2n) is 6.70. The van der Waals surface area contributed by atoms with E-state index >= 15 is 0 Å². The lowest BCUT2D eigenvalue weighted by atomic mass is 10.0. The third kappa shape index (κ3) is 3.53. The third-order valence-electron chi connectivity index (χ3n) is 4.59. The van der Waals surface area contributed by atoms with Gasteiger partial charge in [0.05, 0.1) is 16.4 Å². The van der Waals surface area contributed by atoms with E-state index in [1.165, 1.54) is 0 Å². The van der Waals surface area contributed by atoms with Crippen molar-refractivity contribution in [1.82, 2.24) is 0 Å². The molecule has 0 bridgehead atoms. The Kier molecular flexibility index (Phi) is 5.16. The normalized spacial score (nSPS) is 16.9. The lowest BCUT2D eigenvalue weighted by Gasteiger charge is -2.29. The summed E-state index contributed by atoms with van der Waals surface area (Å²) < 4.78 is 19.3. The zero-order valence-electron chi connectivity index (χ0n) is 15.6. The molecule has 0 aliphatic carbocycles. The number of benzene rings is 3. The molecule has 1 heterocycles. The van der Waals surface area contributed by atoms with Gasteiger partial charge in [-0.2, -0.15) is 4.40 Å². The first-order valence-electron chi connectivity index (χ1n) is 8.95. The first-order chi connectivity index (χ1) is 13.5. The van der Waals surface area contributed by atoms with Crippen molar-refractivity contribution < 1.29 is 4.21 Å². The summed E-state index contributed by atoms with van der Waals surface area (Å²) in [6.07, 6.45) is 0. The molecule has 1 unspecified atom stereocenters. The minimum atomic E-state index is -1.64. The molecule has 0 saturated carbocycles. The molecule has 0 radical (unpaired) electrons. The van der Waals surface area contributed by atoms with E-state index in [0.717, 1.165) is 27.9 Å². The Morgan fingerprint density at radius 1 is 0.786 bits per heavy atom. The third-order valence-corrected chi connectivity index (χ3v) is 5.99. The maximum absolute atomic E-state index is 13.2. The zero-order chi connectivity index (χ0) is 19.7. The van der Waals surface area contributed by atoms with Crippen molar-refractivity contribution in [3.8, 4) is 0 Å². The highest BCUT2D eigenvalue weighted by atomic mass is 35.5. The van der Waals surface area contributed by atoms with E-state index in [0.29, 0.717) is 16.4 Å². The van der Waals surface area contributed by atoms with Crippen molar-refractivity contribution in [3.05, 3.63) is 106 Å². The van der Waals surface area contributed by atoms with Crippen molar-refractivity contribution in [2.75, 3.05) is 4.31 Å². The zero-order valence-corrected chi connectivity index (χ0v) is 17.2. The average molecular weight is 407 g/mol. The van der Waals surface area contributed by atoms with Crippen LogP contribution >= 0.6 is 11.6 Å². The van der Waals surface area contributed by atoms with Gasteiger partial charge in [0, 0.05) is 11.1 Å². The van der Waals surface area contributed by atoms with E-state index in [-0.39, 0.29) is 0 Å². The minimum Gasteiger partial charge on any atom is -0.239 e. The van der Waals surface area contributed by atoms with Crippen molar-refractivity contribution in [1.29, 1.82) is 0 Å². The molecule has 28 heavy (non-hydrogen) atoms. The molecule has 1 aliphatic heterocycles. The van der Waals surface area contributed by atoms with Gasteiger partial charge in [0.1, 0.15) is 5.71 Å². The lowest BCUT2D eigenvalue weighted by molar-refractivity contribution is 0.684. The largest absolute Gasteiger partial charge is 0.251 e. The molecule has 1 aliphatic rings. The van der Waals surface area contributed by atoms with Crippen LogP contribution in [0.1, 0.15) is 22.3 Å². The number of hydrogen-bond acceptors (Lipinski definition) is 1. The predicted octanol–water partition coefficient (Wildman–Crippen LogP) is 5.80. The molecular weight excluding hydrogens is 388 g/mol. The first-order valence-corrected chi connectivity index (χ1v) is 10.4. The number of nitrogens with zero attached hydrogens (tertiary/aromatic N) is 2. The van der Waals surface area contributed by atoms with Crippen molar-refractivity contribution in [2.45, 2.75) is 13.8 Å². The van der Waals surface area contributed by atoms with Crippen molar-refractivity contribution in [3.63, 3.8) is 0 Å². The van der Waals surface area contributed by atoms with E-state index in [2.05, 4.69) is 4.40 Å². The quantitative estimate of drug-likeness (QED) is 0.541. The highest BCUT2D eigenvalue weighted by molar-refractivity contribution is 7.86. The van der Waals surface area contributed by atoms with Crippen LogP contribution in [-0.4, -0.2) is 9.92 Å². The summed E-state index contributed by atoms with van der Waals surface area (Å²) in [5.41, 5.74) is 6.03. The summed E-state index contributed by atoms with van der Waals surface area (Å²) in [6, 6.07) is 25.5. The standard InChI is InChI=1S/C23H19ClN2OS/c1-16-8-12-18(13-9-16)22-21(24)23(19-6-4-3-5-7-19)26(28(27)25-22)20-14-10-17(2)11-15-20/h3-15H,1-2H3. The Morgan fingerprint density at radius 3 is 1.96 bits per heavy atom. The van der Waals surface area contributed by atoms with Crippen LogP contribution in [-0.2, 0) is 11.2 Å². The van der Waals surface area contributed by atoms with Gasteiger partial charge in [0.2, 0.25) is 0 Å². The van der Waals surface area contributed by atoms with Crippen LogP contribution in [0, 0.1) is 13.8 Å². The van der Waals surface area contributed by atoms with Crippen LogP contribution in [0.5, 0.6) is 0 Å². The SMILES string of the molecule is Cc1ccc(C2=NS(=O)N(c3ccc(C)cc3)C(c3ccccc3)=C2Cl)cc1. The molecule has 0 saturated heterocycles. The number of allylic oxidation sites excluding steroid dienone is 1. The highest BCUT2D eigenvalue weighted by Gasteiger charge is 2.30. The van der Waals surface area contributed by atoms with Crippen LogP contribution in [0.4, 0.5) is 5.69 Å². The fraction of sp³-hybridized carbons (Fsp3) is 0.0870. The first kappa shape index (κ1) is 18.7. The summed E-state index contributed by atoms with van der Waals surface area (Å²) in [5.74, 6) is 0. The fourth-order valence-electron chi connectivity index (χ4n) is 3.07. The monoisotopic (exact) mass is 406 g/mol. The van der Waals surface area contributed by atoms with Gasteiger partial charge in [0.15, 0.2) is 0 Å². The molecule has 5 heteroatoms. The highest BCUT2D eigenvalue weighted by Crippen LogP contribution is 2.37. The topological polar surface area (TPSA) is 32.7 Å². The molecule has 4 rings (SSSR count). The van der Waals surface area contributed by atoms with Gasteiger partial charge in [-0.1, -0.05) is 89.5 Å². The van der Waals surface area contributed by atoms with E-state index in [1.807, 2.05) is 92.7 Å². The molecule has 3 aromatic rings. The predicted molar refractivity (Wildman–Crippen MR) is 119 cm³/mol. The van der Waals surface area contributed by atoms with Crippen molar-refractivity contribution in [2.24, 2.45) is 4.40 Å². The molecule has 140 valence electrons. The summed E-state index contributed by atoms with van der Waals surface area (Å²) in [7, 11) is 0. The number of aryl methyl sites for hydroxylation is 2. The Bertz CT molecular complexity index is 1090. The smallest absolute Gasteiger partial charge is 0.239 e. The summed E-state index contributed by atoms with van der Waals surface area (Å²) in [4.78, 5) is 0. The van der Waals surface area contributed by atoms with Crippen LogP contribution in [0.15, 0.2) is 88.3 Å². The average Bonchev–Trinajstić information content (AvgIpc) is 2.71. The summed E-state index contributed by atoms with van der Waals surface area (Å²) in [5, 5.41) is 0.482. The van der Waals surface area contributed by atoms with E-state index in [1.54, 1.807) is 4.31 Å². The number of halogens is 1. The molecule has 0 aromatic heterocycles. The minimum absolute atomic E-state index is 0.482. The second kappa shape index (κ2) is 7.74. The van der Waals surface area contributed by atoms with Gasteiger partial charge in [-0.3, -0.25) is 0 Å². The molecule has 0 amide bonds. The number of hydrogen-bond donors (Lipinski definition) is 0. The van der Waals surface area contributed by atoms with E-state index in [9.17, 15) is 4.21 Å². The molecule has 3 aromatic carbocycles. The Balaban J connectivity index is 1.91. The van der Waals surface area contributed by atoms with Crippen LogP contribution < -0.4 is 4.31 Å². The van der Waals surface area contributed by atoms with Gasteiger partial charge in [0.25, 0.3) is 11.2 Å². The van der Waals surface area contributed by atoms with Crippen LogP contribution in [0.2, 0.25) is 0 Å². The van der Waals surface area contributed by atoms with E-state index < -0.39 is 11.2 Å². The molecule has 3 nitrogen and oxygen atoms in total. The molecule has 0 fully saturated rings. The van der Waals surface area contributed by atoms with Gasteiger partial charge in [-0.15, -0.1) is 0 Å². The second-order valence-corrected chi connectivity index (χ2v) is 8.08. The van der Waals surface area contributed by atoms with Gasteiger partial charge in [-0.25, -0.2) is 8.51 Å². The van der Waals surface area contributed by atoms with Crippen LogP contribution in [0.25, 0.3) is 5.70 Å². The fourth-order valence-corrected chi connectivity index (χ4v) is 4.60. The molecular formula is C23H19ClN2OS. The number of anilines is 1. The Hall–Kier alpha value is -2.69. The van der Waals surface area contributed by atoms with Crippen molar-refractivity contribution >= 4 is 39.9 Å². The van der Waals surface area contributed by atoms with Gasteiger partial charge < -0.3 is 0 Å².